The van der Waals surface area contributed by atoms with Gasteiger partial charge in [-0.2, -0.15) is 13.2 Å². The molecule has 0 aromatic heterocycles. The third kappa shape index (κ3) is 2.98. The fourth-order valence-corrected chi connectivity index (χ4v) is 1.84. The summed E-state index contributed by atoms with van der Waals surface area (Å²) in [6, 6.07) is 4.40. The van der Waals surface area contributed by atoms with Crippen LogP contribution in [0.2, 0.25) is 0 Å². The number of carbonyl (C=O) groups excluding carboxylic acids is 1. The molecule has 4 nitrogen and oxygen atoms in total. The lowest BCUT2D eigenvalue weighted by atomic mass is 9.89. The SMILES string of the molecule is CC1(C)NOC(=O)c2ccc(NCC(F)(F)F)cc21. The Hall–Kier alpha value is -1.76. The van der Waals surface area contributed by atoms with Gasteiger partial charge in [-0.3, -0.25) is 0 Å². The molecule has 0 amide bonds. The first-order chi connectivity index (χ1) is 8.69. The average molecular weight is 274 g/mol. The van der Waals surface area contributed by atoms with Crippen LogP contribution in [0.3, 0.4) is 0 Å². The molecular formula is C12H13F3N2O2. The average Bonchev–Trinajstić information content (AvgIpc) is 2.31. The second kappa shape index (κ2) is 4.41. The Labute approximate surface area is 107 Å². The lowest BCUT2D eigenvalue weighted by Crippen LogP contribution is -2.43. The van der Waals surface area contributed by atoms with E-state index in [1.54, 1.807) is 13.8 Å². The second-order valence-electron chi connectivity index (χ2n) is 4.85. The number of fused-ring (bicyclic) bond motifs is 1. The van der Waals surface area contributed by atoms with Gasteiger partial charge in [0.2, 0.25) is 0 Å². The minimum atomic E-state index is -4.29. The summed E-state index contributed by atoms with van der Waals surface area (Å²) in [6.07, 6.45) is -4.29. The van der Waals surface area contributed by atoms with E-state index in [4.69, 9.17) is 4.84 Å². The third-order valence-corrected chi connectivity index (χ3v) is 2.80. The maximum absolute atomic E-state index is 12.1. The number of hydrogen-bond acceptors (Lipinski definition) is 4. The van der Waals surface area contributed by atoms with E-state index < -0.39 is 24.2 Å². The molecule has 0 radical (unpaired) electrons. The van der Waals surface area contributed by atoms with Gasteiger partial charge in [-0.25, -0.2) is 4.79 Å². The Morgan fingerprint density at radius 2 is 2.05 bits per heavy atom. The zero-order valence-electron chi connectivity index (χ0n) is 10.4. The highest BCUT2D eigenvalue weighted by molar-refractivity contribution is 5.92. The summed E-state index contributed by atoms with van der Waals surface area (Å²) in [5, 5.41) is 2.28. The molecule has 1 aliphatic rings. The Kier molecular flexibility index (Phi) is 3.17. The molecule has 0 bridgehead atoms. The summed E-state index contributed by atoms with van der Waals surface area (Å²) in [5.74, 6) is -0.545. The maximum Gasteiger partial charge on any atom is 0.405 e. The lowest BCUT2D eigenvalue weighted by Gasteiger charge is -2.32. The van der Waals surface area contributed by atoms with Gasteiger partial charge >= 0.3 is 12.1 Å². The van der Waals surface area contributed by atoms with E-state index in [0.29, 0.717) is 16.8 Å². The van der Waals surface area contributed by atoms with Gasteiger partial charge in [-0.15, -0.1) is 5.48 Å². The molecule has 0 aliphatic carbocycles. The highest BCUT2D eigenvalue weighted by atomic mass is 19.4. The summed E-state index contributed by atoms with van der Waals surface area (Å²) in [4.78, 5) is 16.3. The van der Waals surface area contributed by atoms with Crippen LogP contribution in [0.15, 0.2) is 18.2 Å². The van der Waals surface area contributed by atoms with Crippen molar-refractivity contribution in [2.24, 2.45) is 0 Å². The zero-order chi connectivity index (χ0) is 14.3. The quantitative estimate of drug-likeness (QED) is 0.870. The van der Waals surface area contributed by atoms with Crippen molar-refractivity contribution in [1.29, 1.82) is 0 Å². The minimum absolute atomic E-state index is 0.306. The van der Waals surface area contributed by atoms with Crippen LogP contribution in [0.25, 0.3) is 0 Å². The fourth-order valence-electron chi connectivity index (χ4n) is 1.84. The van der Waals surface area contributed by atoms with Crippen LogP contribution < -0.4 is 10.8 Å². The number of benzene rings is 1. The number of hydroxylamine groups is 1. The maximum atomic E-state index is 12.1. The van der Waals surface area contributed by atoms with E-state index in [-0.39, 0.29) is 0 Å². The molecule has 2 rings (SSSR count). The van der Waals surface area contributed by atoms with E-state index in [1.807, 2.05) is 0 Å². The molecule has 1 aromatic carbocycles. The van der Waals surface area contributed by atoms with E-state index in [2.05, 4.69) is 10.8 Å². The third-order valence-electron chi connectivity index (χ3n) is 2.80. The summed E-state index contributed by atoms with van der Waals surface area (Å²) in [6.45, 7) is 2.42. The van der Waals surface area contributed by atoms with Gasteiger partial charge in [0.25, 0.3) is 0 Å². The number of alkyl halides is 3. The van der Waals surface area contributed by atoms with E-state index in [0.717, 1.165) is 0 Å². The second-order valence-corrected chi connectivity index (χ2v) is 4.85. The van der Waals surface area contributed by atoms with Gasteiger partial charge in [0.15, 0.2) is 0 Å². The van der Waals surface area contributed by atoms with E-state index >= 15 is 0 Å². The van der Waals surface area contributed by atoms with Crippen LogP contribution in [0.1, 0.15) is 29.8 Å². The molecule has 0 saturated heterocycles. The predicted molar refractivity (Wildman–Crippen MR) is 62.6 cm³/mol. The molecular weight excluding hydrogens is 261 g/mol. The Bertz CT molecular complexity index is 512. The van der Waals surface area contributed by atoms with E-state index in [1.165, 1.54) is 18.2 Å². The van der Waals surface area contributed by atoms with Crippen molar-refractivity contribution in [1.82, 2.24) is 5.48 Å². The number of halogens is 3. The molecule has 1 aromatic rings. The first-order valence-corrected chi connectivity index (χ1v) is 5.62. The molecule has 0 fully saturated rings. The Morgan fingerprint density at radius 3 is 2.68 bits per heavy atom. The fraction of sp³-hybridized carbons (Fsp3) is 0.417. The molecule has 19 heavy (non-hydrogen) atoms. The molecule has 1 aliphatic heterocycles. The van der Waals surface area contributed by atoms with Crippen LogP contribution in [-0.2, 0) is 10.4 Å². The topological polar surface area (TPSA) is 50.4 Å². The van der Waals surface area contributed by atoms with Gasteiger partial charge in [0, 0.05) is 5.69 Å². The van der Waals surface area contributed by atoms with Crippen molar-refractivity contribution in [2.45, 2.75) is 25.6 Å². The van der Waals surface area contributed by atoms with Crippen LogP contribution in [0.4, 0.5) is 18.9 Å². The molecule has 7 heteroatoms. The molecule has 2 N–H and O–H groups in total. The summed E-state index contributed by atoms with van der Waals surface area (Å²) in [7, 11) is 0. The standard InChI is InChI=1S/C12H13F3N2O2/c1-11(2)9-5-7(16-6-12(13,14)15)3-4-8(9)10(18)19-17-11/h3-5,16-17H,6H2,1-2H3. The highest BCUT2D eigenvalue weighted by Crippen LogP contribution is 2.31. The molecule has 1 heterocycles. The first kappa shape index (κ1) is 13.7. The van der Waals surface area contributed by atoms with Crippen molar-refractivity contribution in [3.05, 3.63) is 29.3 Å². The van der Waals surface area contributed by atoms with Gasteiger partial charge in [-0.05, 0) is 37.6 Å². The Balaban J connectivity index is 2.29. The minimum Gasteiger partial charge on any atom is -0.376 e. The smallest absolute Gasteiger partial charge is 0.376 e. The number of nitrogens with one attached hydrogen (secondary N) is 2. The number of carbonyl (C=O) groups is 1. The van der Waals surface area contributed by atoms with Gasteiger partial charge in [0.1, 0.15) is 6.54 Å². The largest absolute Gasteiger partial charge is 0.405 e. The first-order valence-electron chi connectivity index (χ1n) is 5.62. The van der Waals surface area contributed by atoms with Crippen molar-refractivity contribution in [2.75, 3.05) is 11.9 Å². The Morgan fingerprint density at radius 1 is 1.37 bits per heavy atom. The van der Waals surface area contributed by atoms with Crippen LogP contribution in [0.5, 0.6) is 0 Å². The highest BCUT2D eigenvalue weighted by Gasteiger charge is 2.33. The van der Waals surface area contributed by atoms with Gasteiger partial charge < -0.3 is 10.2 Å². The zero-order valence-corrected chi connectivity index (χ0v) is 10.4. The number of anilines is 1. The summed E-state index contributed by atoms with van der Waals surface area (Å²) in [5.41, 5.74) is 3.16. The van der Waals surface area contributed by atoms with Crippen molar-refractivity contribution >= 4 is 11.7 Å². The molecule has 0 atom stereocenters. The van der Waals surface area contributed by atoms with Crippen LogP contribution in [-0.4, -0.2) is 18.7 Å². The van der Waals surface area contributed by atoms with Gasteiger partial charge in [0.05, 0.1) is 11.1 Å². The molecule has 0 saturated carbocycles. The van der Waals surface area contributed by atoms with Crippen LogP contribution >= 0.6 is 0 Å². The predicted octanol–water partition coefficient (Wildman–Crippen LogP) is 2.57. The number of hydrogen-bond donors (Lipinski definition) is 2. The molecule has 0 unspecified atom stereocenters. The lowest BCUT2D eigenvalue weighted by molar-refractivity contribution is -0.115. The van der Waals surface area contributed by atoms with Gasteiger partial charge in [-0.1, -0.05) is 0 Å². The van der Waals surface area contributed by atoms with Crippen molar-refractivity contribution < 1.29 is 22.8 Å². The van der Waals surface area contributed by atoms with E-state index in [9.17, 15) is 18.0 Å². The monoisotopic (exact) mass is 274 g/mol. The molecule has 0 spiro atoms. The van der Waals surface area contributed by atoms with Crippen LogP contribution in [0, 0.1) is 0 Å². The van der Waals surface area contributed by atoms with Crippen molar-refractivity contribution in [3.8, 4) is 0 Å². The number of rotatable bonds is 2. The molecule has 104 valence electrons. The van der Waals surface area contributed by atoms with Crippen molar-refractivity contribution in [3.63, 3.8) is 0 Å². The normalized spacial score (nSPS) is 17.6. The summed E-state index contributed by atoms with van der Waals surface area (Å²) >= 11 is 0. The summed E-state index contributed by atoms with van der Waals surface area (Å²) < 4.78 is 36.4.